The smallest absolute Gasteiger partial charge is 0.261 e. The lowest BCUT2D eigenvalue weighted by molar-refractivity contribution is -0.142. The number of rotatable bonds is 8. The fraction of sp³-hybridized carbons (Fsp3) is 0.462. The van der Waals surface area contributed by atoms with E-state index < -0.39 is 6.04 Å². The summed E-state index contributed by atoms with van der Waals surface area (Å²) in [6, 6.07) is 11.2. The number of nitrogens with one attached hydrogen (secondary N) is 1. The van der Waals surface area contributed by atoms with E-state index in [2.05, 4.69) is 5.32 Å². The molecule has 0 saturated heterocycles. The van der Waals surface area contributed by atoms with Crippen molar-refractivity contribution in [3.05, 3.63) is 65.0 Å². The van der Waals surface area contributed by atoms with Gasteiger partial charge >= 0.3 is 0 Å². The van der Waals surface area contributed by atoms with E-state index in [1.807, 2.05) is 32.0 Å². The van der Waals surface area contributed by atoms with Gasteiger partial charge in [-0.2, -0.15) is 0 Å². The molecular formula is C26H33FN2O3. The molecule has 0 aromatic heterocycles. The number of amides is 2. The van der Waals surface area contributed by atoms with Gasteiger partial charge in [0.05, 0.1) is 0 Å². The van der Waals surface area contributed by atoms with Crippen LogP contribution in [0.3, 0.4) is 0 Å². The Balaban J connectivity index is 1.71. The van der Waals surface area contributed by atoms with Crippen LogP contribution < -0.4 is 10.1 Å². The van der Waals surface area contributed by atoms with Crippen LogP contribution in [0, 0.1) is 19.7 Å². The Morgan fingerprint density at radius 2 is 1.78 bits per heavy atom. The summed E-state index contributed by atoms with van der Waals surface area (Å²) in [7, 11) is 0. The maximum atomic E-state index is 13.3. The molecule has 2 aromatic carbocycles. The quantitative estimate of drug-likeness (QED) is 0.648. The van der Waals surface area contributed by atoms with Gasteiger partial charge in [0.15, 0.2) is 6.61 Å². The van der Waals surface area contributed by atoms with Gasteiger partial charge in [-0.1, -0.05) is 49.1 Å². The second kappa shape index (κ2) is 11.1. The largest absolute Gasteiger partial charge is 0.483 e. The molecule has 0 aliphatic heterocycles. The van der Waals surface area contributed by atoms with Crippen LogP contribution in [0.5, 0.6) is 5.75 Å². The number of hydrogen-bond acceptors (Lipinski definition) is 3. The summed E-state index contributed by atoms with van der Waals surface area (Å²) in [5.41, 5.74) is 2.82. The number of nitrogens with zero attached hydrogens (tertiary/aromatic N) is 1. The Morgan fingerprint density at radius 3 is 2.44 bits per heavy atom. The first-order chi connectivity index (χ1) is 15.3. The highest BCUT2D eigenvalue weighted by atomic mass is 19.1. The first-order valence-electron chi connectivity index (χ1n) is 11.4. The van der Waals surface area contributed by atoms with Crippen LogP contribution in [-0.2, 0) is 16.1 Å². The van der Waals surface area contributed by atoms with Crippen LogP contribution in [0.4, 0.5) is 4.39 Å². The van der Waals surface area contributed by atoms with Crippen molar-refractivity contribution in [3.63, 3.8) is 0 Å². The van der Waals surface area contributed by atoms with E-state index in [9.17, 15) is 14.0 Å². The number of aryl methyl sites for hydroxylation is 2. The molecule has 1 saturated carbocycles. The van der Waals surface area contributed by atoms with Crippen molar-refractivity contribution in [3.8, 4) is 5.75 Å². The molecule has 0 bridgehead atoms. The molecule has 1 fully saturated rings. The maximum Gasteiger partial charge on any atom is 0.261 e. The predicted octanol–water partition coefficient (Wildman–Crippen LogP) is 4.69. The van der Waals surface area contributed by atoms with Crippen molar-refractivity contribution in [2.24, 2.45) is 0 Å². The number of ether oxygens (including phenoxy) is 1. The molecule has 1 atom stereocenters. The summed E-state index contributed by atoms with van der Waals surface area (Å²) in [4.78, 5) is 27.6. The summed E-state index contributed by atoms with van der Waals surface area (Å²) < 4.78 is 19.1. The second-order valence-corrected chi connectivity index (χ2v) is 8.73. The fourth-order valence-corrected chi connectivity index (χ4v) is 4.12. The molecular weight excluding hydrogens is 407 g/mol. The van der Waals surface area contributed by atoms with Crippen molar-refractivity contribution >= 4 is 11.8 Å². The van der Waals surface area contributed by atoms with Gasteiger partial charge in [0.1, 0.15) is 17.6 Å². The molecule has 0 unspecified atom stereocenters. The molecule has 1 N–H and O–H groups in total. The van der Waals surface area contributed by atoms with E-state index in [0.29, 0.717) is 5.75 Å². The zero-order valence-corrected chi connectivity index (χ0v) is 19.2. The Hall–Kier alpha value is -2.89. The fourth-order valence-electron chi connectivity index (χ4n) is 4.12. The monoisotopic (exact) mass is 440 g/mol. The number of carbonyl (C=O) groups excluding carboxylic acids is 2. The van der Waals surface area contributed by atoms with E-state index in [0.717, 1.165) is 42.4 Å². The molecule has 1 aliphatic carbocycles. The first kappa shape index (κ1) is 23.8. The van der Waals surface area contributed by atoms with Gasteiger partial charge in [0.25, 0.3) is 5.91 Å². The zero-order chi connectivity index (χ0) is 23.1. The predicted molar refractivity (Wildman–Crippen MR) is 123 cm³/mol. The molecule has 0 radical (unpaired) electrons. The molecule has 1 aliphatic rings. The van der Waals surface area contributed by atoms with Crippen molar-refractivity contribution in [1.29, 1.82) is 0 Å². The molecule has 3 rings (SSSR count). The molecule has 2 aromatic rings. The summed E-state index contributed by atoms with van der Waals surface area (Å²) in [5.74, 6) is -0.155. The molecule has 172 valence electrons. The number of carbonyl (C=O) groups is 2. The van der Waals surface area contributed by atoms with E-state index in [1.165, 1.54) is 23.5 Å². The third-order valence-electron chi connectivity index (χ3n) is 6.07. The lowest BCUT2D eigenvalue weighted by Gasteiger charge is -2.31. The van der Waals surface area contributed by atoms with Crippen molar-refractivity contribution in [1.82, 2.24) is 10.2 Å². The Bertz CT molecular complexity index is 923. The second-order valence-electron chi connectivity index (χ2n) is 8.73. The average Bonchev–Trinajstić information content (AvgIpc) is 2.78. The topological polar surface area (TPSA) is 58.6 Å². The number of halogens is 1. The summed E-state index contributed by atoms with van der Waals surface area (Å²) in [6.45, 7) is 5.69. The Labute approximate surface area is 190 Å². The maximum absolute atomic E-state index is 13.3. The third-order valence-corrected chi connectivity index (χ3v) is 6.07. The van der Waals surface area contributed by atoms with E-state index >= 15 is 0 Å². The third kappa shape index (κ3) is 6.55. The van der Waals surface area contributed by atoms with Crippen LogP contribution in [-0.4, -0.2) is 35.4 Å². The lowest BCUT2D eigenvalue weighted by atomic mass is 9.95. The Morgan fingerprint density at radius 1 is 1.09 bits per heavy atom. The van der Waals surface area contributed by atoms with Gasteiger partial charge < -0.3 is 15.0 Å². The number of benzene rings is 2. The van der Waals surface area contributed by atoms with Crippen LogP contribution >= 0.6 is 0 Å². The van der Waals surface area contributed by atoms with Gasteiger partial charge in [-0.25, -0.2) is 4.39 Å². The Kier molecular flexibility index (Phi) is 8.26. The molecule has 2 amide bonds. The minimum absolute atomic E-state index is 0.160. The van der Waals surface area contributed by atoms with E-state index in [1.54, 1.807) is 19.1 Å². The van der Waals surface area contributed by atoms with E-state index in [-0.39, 0.29) is 36.8 Å². The van der Waals surface area contributed by atoms with Gasteiger partial charge in [0.2, 0.25) is 5.91 Å². The standard InChI is InChI=1S/C26H33FN2O3/c1-18-9-14-24(19(2)15-18)32-17-25(30)29(16-21-10-12-22(27)13-11-21)20(3)26(31)28-23-7-5-4-6-8-23/h9-15,20,23H,4-8,16-17H2,1-3H3,(H,28,31)/t20-/m0/s1. The zero-order valence-electron chi connectivity index (χ0n) is 19.2. The molecule has 0 heterocycles. The van der Waals surface area contributed by atoms with Gasteiger partial charge in [-0.05, 0) is 62.9 Å². The summed E-state index contributed by atoms with van der Waals surface area (Å²) in [5, 5.41) is 3.10. The molecule has 32 heavy (non-hydrogen) atoms. The molecule has 6 heteroatoms. The van der Waals surface area contributed by atoms with Crippen molar-refractivity contribution in [2.45, 2.75) is 71.5 Å². The highest BCUT2D eigenvalue weighted by molar-refractivity contribution is 5.88. The van der Waals surface area contributed by atoms with Crippen LogP contribution in [0.2, 0.25) is 0 Å². The minimum Gasteiger partial charge on any atom is -0.483 e. The summed E-state index contributed by atoms with van der Waals surface area (Å²) in [6.07, 6.45) is 5.37. The summed E-state index contributed by atoms with van der Waals surface area (Å²) >= 11 is 0. The highest BCUT2D eigenvalue weighted by Gasteiger charge is 2.28. The lowest BCUT2D eigenvalue weighted by Crippen LogP contribution is -2.51. The molecule has 0 spiro atoms. The number of hydrogen-bond donors (Lipinski definition) is 1. The normalized spacial score (nSPS) is 15.1. The van der Waals surface area contributed by atoms with Crippen molar-refractivity contribution < 1.29 is 18.7 Å². The average molecular weight is 441 g/mol. The van der Waals surface area contributed by atoms with Gasteiger partial charge in [-0.3, -0.25) is 9.59 Å². The van der Waals surface area contributed by atoms with Crippen LogP contribution in [0.25, 0.3) is 0 Å². The van der Waals surface area contributed by atoms with Gasteiger partial charge in [-0.15, -0.1) is 0 Å². The highest BCUT2D eigenvalue weighted by Crippen LogP contribution is 2.20. The van der Waals surface area contributed by atoms with Gasteiger partial charge in [0, 0.05) is 12.6 Å². The molecule has 5 nitrogen and oxygen atoms in total. The first-order valence-corrected chi connectivity index (χ1v) is 11.4. The van der Waals surface area contributed by atoms with Crippen molar-refractivity contribution in [2.75, 3.05) is 6.61 Å². The van der Waals surface area contributed by atoms with E-state index in [4.69, 9.17) is 4.74 Å². The van der Waals surface area contributed by atoms with Crippen LogP contribution in [0.15, 0.2) is 42.5 Å². The van der Waals surface area contributed by atoms with Crippen LogP contribution in [0.1, 0.15) is 55.7 Å². The SMILES string of the molecule is Cc1ccc(OCC(=O)N(Cc2ccc(F)cc2)[C@@H](C)C(=O)NC2CCCCC2)c(C)c1. The minimum atomic E-state index is -0.669.